The zero-order valence-corrected chi connectivity index (χ0v) is 35.7. The van der Waals surface area contributed by atoms with Crippen molar-refractivity contribution in [1.29, 1.82) is 0 Å². The fourth-order valence-electron chi connectivity index (χ4n) is 7.46. The fraction of sp³-hybridized carbons (Fsp3) is 0.939. The van der Waals surface area contributed by atoms with Gasteiger partial charge in [-0.1, -0.05) is 251 Å². The van der Waals surface area contributed by atoms with Crippen LogP contribution in [0.25, 0.3) is 0 Å². The Bertz CT molecular complexity index is 669. The van der Waals surface area contributed by atoms with Crippen LogP contribution in [0, 0.1) is 5.92 Å². The van der Waals surface area contributed by atoms with E-state index in [9.17, 15) is 4.79 Å². The van der Waals surface area contributed by atoms with E-state index in [1.807, 2.05) is 0 Å². The summed E-state index contributed by atoms with van der Waals surface area (Å²) in [5.41, 5.74) is 0. The molecule has 0 bridgehead atoms. The van der Waals surface area contributed by atoms with Crippen LogP contribution in [0.5, 0.6) is 0 Å². The van der Waals surface area contributed by atoms with E-state index in [1.54, 1.807) is 0 Å². The highest BCUT2D eigenvalue weighted by Crippen LogP contribution is 2.17. The summed E-state index contributed by atoms with van der Waals surface area (Å²) in [4.78, 5) is 12.0. The first-order chi connectivity index (χ1) is 25.2. The molecule has 0 N–H and O–H groups in total. The smallest absolute Gasteiger partial charge is 0.305 e. The van der Waals surface area contributed by atoms with Crippen molar-refractivity contribution in [3.8, 4) is 0 Å². The molecule has 0 amide bonds. The Morgan fingerprint density at radius 2 is 0.725 bits per heavy atom. The number of rotatable bonds is 44. The molecule has 0 radical (unpaired) electrons. The summed E-state index contributed by atoms with van der Waals surface area (Å²) >= 11 is 0. The van der Waals surface area contributed by atoms with Gasteiger partial charge in [0.05, 0.1) is 6.61 Å². The van der Waals surface area contributed by atoms with Crippen molar-refractivity contribution in [2.75, 3.05) is 6.61 Å². The Morgan fingerprint density at radius 1 is 0.412 bits per heavy atom. The van der Waals surface area contributed by atoms with Gasteiger partial charge in [-0.3, -0.25) is 4.79 Å². The summed E-state index contributed by atoms with van der Waals surface area (Å²) in [5.74, 6) is 0.961. The van der Waals surface area contributed by atoms with Gasteiger partial charge in [0.25, 0.3) is 0 Å². The lowest BCUT2D eigenvalue weighted by Crippen LogP contribution is -2.05. The minimum Gasteiger partial charge on any atom is -0.466 e. The quantitative estimate of drug-likeness (QED) is 0.0356. The van der Waals surface area contributed by atoms with Crippen molar-refractivity contribution in [3.63, 3.8) is 0 Å². The highest BCUT2D eigenvalue weighted by Gasteiger charge is 2.03. The number of carbonyl (C=O) groups excluding carboxylic acids is 1. The Labute approximate surface area is 323 Å². The van der Waals surface area contributed by atoms with Crippen LogP contribution in [-0.2, 0) is 9.53 Å². The minimum atomic E-state index is 0.0251. The molecule has 0 fully saturated rings. The van der Waals surface area contributed by atoms with Crippen molar-refractivity contribution >= 4 is 5.97 Å². The Morgan fingerprint density at radius 3 is 1.10 bits per heavy atom. The largest absolute Gasteiger partial charge is 0.466 e. The molecular weight excluding hydrogens is 621 g/mol. The number of ether oxygens (including phenoxy) is 1. The summed E-state index contributed by atoms with van der Waals surface area (Å²) in [6.45, 7) is 7.64. The lowest BCUT2D eigenvalue weighted by Gasteiger charge is -2.07. The normalized spacial score (nSPS) is 12.3. The van der Waals surface area contributed by atoms with Crippen molar-refractivity contribution < 1.29 is 9.53 Å². The highest BCUT2D eigenvalue weighted by atomic mass is 16.5. The molecule has 0 aliphatic heterocycles. The van der Waals surface area contributed by atoms with Gasteiger partial charge in [-0.2, -0.15) is 0 Å². The third-order valence-corrected chi connectivity index (χ3v) is 11.4. The Balaban J connectivity index is 3.17. The summed E-state index contributed by atoms with van der Waals surface area (Å²) in [6.07, 6.45) is 60.4. The molecule has 0 aliphatic rings. The lowest BCUT2D eigenvalue weighted by atomic mass is 9.99. The second kappa shape index (κ2) is 45.4. The number of carbonyl (C=O) groups is 1. The van der Waals surface area contributed by atoms with E-state index in [2.05, 4.69) is 32.9 Å². The van der Waals surface area contributed by atoms with Crippen LogP contribution in [0.3, 0.4) is 0 Å². The molecule has 1 atom stereocenters. The zero-order chi connectivity index (χ0) is 37.0. The predicted molar refractivity (Wildman–Crippen MR) is 230 cm³/mol. The van der Waals surface area contributed by atoms with Gasteiger partial charge in [-0.05, 0) is 44.4 Å². The maximum absolute atomic E-state index is 12.0. The third kappa shape index (κ3) is 45.3. The van der Waals surface area contributed by atoms with E-state index in [4.69, 9.17) is 4.74 Å². The highest BCUT2D eigenvalue weighted by molar-refractivity contribution is 5.69. The van der Waals surface area contributed by atoms with Crippen LogP contribution in [0.1, 0.15) is 284 Å². The molecule has 0 aromatic rings. The standard InChI is InChI=1S/C49H96O2/c1-4-6-7-8-9-10-11-12-13-21-25-28-31-34-37-40-43-46-49(50)51-47-44-41-38-35-32-29-26-23-20-18-16-14-15-17-19-22-24-27-30-33-36-39-42-45-48(3)5-2/h12-13,48H,4-11,14-47H2,1-3H3. The first kappa shape index (κ1) is 50.2. The zero-order valence-electron chi connectivity index (χ0n) is 35.7. The van der Waals surface area contributed by atoms with Crippen molar-refractivity contribution in [2.24, 2.45) is 5.92 Å². The van der Waals surface area contributed by atoms with Crippen LogP contribution in [-0.4, -0.2) is 12.6 Å². The van der Waals surface area contributed by atoms with Gasteiger partial charge in [-0.15, -0.1) is 0 Å². The molecule has 2 heteroatoms. The third-order valence-electron chi connectivity index (χ3n) is 11.4. The molecule has 0 aromatic carbocycles. The van der Waals surface area contributed by atoms with E-state index >= 15 is 0 Å². The van der Waals surface area contributed by atoms with Gasteiger partial charge in [0, 0.05) is 6.42 Å². The van der Waals surface area contributed by atoms with Gasteiger partial charge in [0.2, 0.25) is 0 Å². The fourth-order valence-corrected chi connectivity index (χ4v) is 7.46. The van der Waals surface area contributed by atoms with Gasteiger partial charge in [-0.25, -0.2) is 0 Å². The lowest BCUT2D eigenvalue weighted by molar-refractivity contribution is -0.143. The maximum Gasteiger partial charge on any atom is 0.305 e. The maximum atomic E-state index is 12.0. The van der Waals surface area contributed by atoms with E-state index in [1.165, 1.54) is 244 Å². The predicted octanol–water partition coefficient (Wildman–Crippen LogP) is 17.8. The Hall–Kier alpha value is -0.790. The van der Waals surface area contributed by atoms with Crippen LogP contribution >= 0.6 is 0 Å². The van der Waals surface area contributed by atoms with E-state index in [0.717, 1.165) is 18.8 Å². The first-order valence-electron chi connectivity index (χ1n) is 24.0. The molecule has 0 aliphatic carbocycles. The monoisotopic (exact) mass is 717 g/mol. The summed E-state index contributed by atoms with van der Waals surface area (Å²) < 4.78 is 5.48. The summed E-state index contributed by atoms with van der Waals surface area (Å²) in [5, 5.41) is 0. The van der Waals surface area contributed by atoms with E-state index in [0.29, 0.717) is 13.0 Å². The number of hydrogen-bond donors (Lipinski definition) is 0. The van der Waals surface area contributed by atoms with Gasteiger partial charge < -0.3 is 4.74 Å². The van der Waals surface area contributed by atoms with Crippen LogP contribution in [0.2, 0.25) is 0 Å². The van der Waals surface area contributed by atoms with Gasteiger partial charge in [0.1, 0.15) is 0 Å². The molecule has 0 spiro atoms. The number of hydrogen-bond acceptors (Lipinski definition) is 2. The molecule has 304 valence electrons. The van der Waals surface area contributed by atoms with Crippen molar-refractivity contribution in [3.05, 3.63) is 12.2 Å². The molecular formula is C49H96O2. The first-order valence-corrected chi connectivity index (χ1v) is 24.0. The summed E-state index contributed by atoms with van der Waals surface area (Å²) in [6, 6.07) is 0. The van der Waals surface area contributed by atoms with Crippen molar-refractivity contribution in [1.82, 2.24) is 0 Å². The molecule has 1 unspecified atom stereocenters. The van der Waals surface area contributed by atoms with Gasteiger partial charge >= 0.3 is 5.97 Å². The average molecular weight is 717 g/mol. The Kier molecular flexibility index (Phi) is 44.7. The van der Waals surface area contributed by atoms with Gasteiger partial charge in [0.15, 0.2) is 0 Å². The summed E-state index contributed by atoms with van der Waals surface area (Å²) in [7, 11) is 0. The van der Waals surface area contributed by atoms with E-state index in [-0.39, 0.29) is 5.97 Å². The van der Waals surface area contributed by atoms with Crippen LogP contribution in [0.15, 0.2) is 12.2 Å². The molecule has 51 heavy (non-hydrogen) atoms. The second-order valence-corrected chi connectivity index (χ2v) is 16.7. The average Bonchev–Trinajstić information content (AvgIpc) is 3.14. The number of esters is 1. The number of unbranched alkanes of at least 4 members (excludes halogenated alkanes) is 35. The molecule has 0 heterocycles. The topological polar surface area (TPSA) is 26.3 Å². The number of allylic oxidation sites excluding steroid dienone is 2. The SMILES string of the molecule is CCCCCCCCC=CCCCCCCCCCC(=O)OCCCCCCCCCCCCCCCCCCCCCCCCCC(C)CC. The van der Waals surface area contributed by atoms with Crippen molar-refractivity contribution in [2.45, 2.75) is 284 Å². The van der Waals surface area contributed by atoms with E-state index < -0.39 is 0 Å². The minimum absolute atomic E-state index is 0.0251. The molecule has 0 rings (SSSR count). The molecule has 0 saturated carbocycles. The molecule has 0 saturated heterocycles. The molecule has 0 aromatic heterocycles. The second-order valence-electron chi connectivity index (χ2n) is 16.7. The van der Waals surface area contributed by atoms with Crippen LogP contribution in [0.4, 0.5) is 0 Å². The van der Waals surface area contributed by atoms with Crippen LogP contribution < -0.4 is 0 Å². The molecule has 2 nitrogen and oxygen atoms in total.